The minimum atomic E-state index is -0.175. The maximum Gasteiger partial charge on any atom is 0.258 e. The number of ether oxygens (including phenoxy) is 3. The van der Waals surface area contributed by atoms with E-state index in [9.17, 15) is 4.79 Å². The van der Waals surface area contributed by atoms with Crippen LogP contribution >= 0.6 is 0 Å². The number of nitrogens with one attached hydrogen (secondary N) is 1. The maximum atomic E-state index is 12.0. The number of hydrogen-bond acceptors (Lipinski definition) is 4. The van der Waals surface area contributed by atoms with Gasteiger partial charge in [-0.05, 0) is 47.5 Å². The number of carbonyl (C=O) groups excluding carboxylic acids is 1. The monoisotopic (exact) mass is 377 g/mol. The highest BCUT2D eigenvalue weighted by Gasteiger charge is 2.04. The molecule has 3 aromatic carbocycles. The van der Waals surface area contributed by atoms with Gasteiger partial charge in [-0.3, -0.25) is 4.79 Å². The fourth-order valence-corrected chi connectivity index (χ4v) is 2.55. The molecule has 0 heterocycles. The number of rotatable bonds is 9. The Balaban J connectivity index is 1.41. The minimum Gasteiger partial charge on any atom is -0.484 e. The Hall–Kier alpha value is -3.31. The predicted octanol–water partition coefficient (Wildman–Crippen LogP) is 4.32. The van der Waals surface area contributed by atoms with Crippen molar-refractivity contribution in [2.24, 2.45) is 0 Å². The molecule has 5 nitrogen and oxygen atoms in total. The van der Waals surface area contributed by atoms with Crippen LogP contribution in [-0.2, 0) is 22.7 Å². The Morgan fingerprint density at radius 1 is 0.786 bits per heavy atom. The molecule has 0 fully saturated rings. The molecule has 0 spiro atoms. The molecule has 5 heteroatoms. The van der Waals surface area contributed by atoms with Gasteiger partial charge in [0.25, 0.3) is 5.91 Å². The Bertz CT molecular complexity index is 861. The third-order valence-electron chi connectivity index (χ3n) is 4.00. The number of methoxy groups -OCH3 is 1. The van der Waals surface area contributed by atoms with Crippen molar-refractivity contribution in [2.75, 3.05) is 13.7 Å². The average molecular weight is 377 g/mol. The Kier molecular flexibility index (Phi) is 7.04. The zero-order chi connectivity index (χ0) is 19.6. The Labute approximate surface area is 164 Å². The van der Waals surface area contributed by atoms with E-state index in [0.29, 0.717) is 24.7 Å². The van der Waals surface area contributed by atoms with E-state index in [0.717, 1.165) is 16.9 Å². The van der Waals surface area contributed by atoms with Crippen molar-refractivity contribution in [1.29, 1.82) is 0 Å². The van der Waals surface area contributed by atoms with Crippen LogP contribution in [-0.4, -0.2) is 19.6 Å². The van der Waals surface area contributed by atoms with Crippen LogP contribution in [0.2, 0.25) is 0 Å². The van der Waals surface area contributed by atoms with Crippen molar-refractivity contribution < 1.29 is 19.0 Å². The summed E-state index contributed by atoms with van der Waals surface area (Å²) in [6, 6.07) is 24.6. The van der Waals surface area contributed by atoms with Crippen LogP contribution in [0.5, 0.6) is 17.2 Å². The summed E-state index contributed by atoms with van der Waals surface area (Å²) in [6.07, 6.45) is 0. The lowest BCUT2D eigenvalue weighted by molar-refractivity contribution is -0.123. The standard InChI is InChI=1S/C23H23NO4/c1-26-16-19-9-7-18(8-10-19)15-24-23(25)17-27-20-11-13-22(14-12-20)28-21-5-3-2-4-6-21/h2-14H,15-17H2,1H3,(H,24,25). The van der Waals surface area contributed by atoms with Crippen LogP contribution in [0, 0.1) is 0 Å². The quantitative estimate of drug-likeness (QED) is 0.603. The van der Waals surface area contributed by atoms with Gasteiger partial charge in [0.1, 0.15) is 17.2 Å². The van der Waals surface area contributed by atoms with Gasteiger partial charge < -0.3 is 19.5 Å². The van der Waals surface area contributed by atoms with Crippen molar-refractivity contribution in [2.45, 2.75) is 13.2 Å². The van der Waals surface area contributed by atoms with Crippen LogP contribution in [0.15, 0.2) is 78.9 Å². The zero-order valence-corrected chi connectivity index (χ0v) is 15.8. The fraction of sp³-hybridized carbons (Fsp3) is 0.174. The molecule has 28 heavy (non-hydrogen) atoms. The largest absolute Gasteiger partial charge is 0.484 e. The molecule has 0 aliphatic heterocycles. The molecule has 0 saturated heterocycles. The molecule has 0 aromatic heterocycles. The summed E-state index contributed by atoms with van der Waals surface area (Å²) in [5, 5.41) is 2.84. The zero-order valence-electron chi connectivity index (χ0n) is 15.8. The first kappa shape index (κ1) is 19.5. The highest BCUT2D eigenvalue weighted by molar-refractivity contribution is 5.77. The normalized spacial score (nSPS) is 10.3. The van der Waals surface area contributed by atoms with Gasteiger partial charge in [0.2, 0.25) is 0 Å². The molecule has 1 amide bonds. The number of benzene rings is 3. The summed E-state index contributed by atoms with van der Waals surface area (Å²) >= 11 is 0. The van der Waals surface area contributed by atoms with E-state index < -0.39 is 0 Å². The second-order valence-electron chi connectivity index (χ2n) is 6.20. The number of hydrogen-bond donors (Lipinski definition) is 1. The van der Waals surface area contributed by atoms with E-state index in [1.165, 1.54) is 0 Å². The number of amides is 1. The van der Waals surface area contributed by atoms with Crippen LogP contribution in [0.4, 0.5) is 0 Å². The summed E-state index contributed by atoms with van der Waals surface area (Å²) in [7, 11) is 1.66. The van der Waals surface area contributed by atoms with Crippen LogP contribution in [0.1, 0.15) is 11.1 Å². The molecule has 0 bridgehead atoms. The Morgan fingerprint density at radius 2 is 1.39 bits per heavy atom. The molecule has 3 rings (SSSR count). The van der Waals surface area contributed by atoms with Crippen LogP contribution in [0.25, 0.3) is 0 Å². The summed E-state index contributed by atoms with van der Waals surface area (Å²) in [5.74, 6) is 1.91. The van der Waals surface area contributed by atoms with E-state index in [2.05, 4.69) is 5.32 Å². The molecule has 0 aliphatic carbocycles. The molecule has 0 radical (unpaired) electrons. The predicted molar refractivity (Wildman–Crippen MR) is 107 cm³/mol. The van der Waals surface area contributed by atoms with Gasteiger partial charge in [-0.1, -0.05) is 42.5 Å². The molecule has 0 aliphatic rings. The molecular formula is C23H23NO4. The van der Waals surface area contributed by atoms with Gasteiger partial charge in [-0.2, -0.15) is 0 Å². The van der Waals surface area contributed by atoms with Gasteiger partial charge in [0.05, 0.1) is 6.61 Å². The molecule has 3 aromatic rings. The van der Waals surface area contributed by atoms with Gasteiger partial charge in [0.15, 0.2) is 6.61 Å². The first-order valence-electron chi connectivity index (χ1n) is 9.02. The summed E-state index contributed by atoms with van der Waals surface area (Å²) in [6.45, 7) is 0.996. The second-order valence-corrected chi connectivity index (χ2v) is 6.20. The lowest BCUT2D eigenvalue weighted by Gasteiger charge is -2.09. The van der Waals surface area contributed by atoms with Crippen LogP contribution in [0.3, 0.4) is 0 Å². The van der Waals surface area contributed by atoms with Crippen molar-refractivity contribution >= 4 is 5.91 Å². The van der Waals surface area contributed by atoms with Crippen molar-refractivity contribution in [1.82, 2.24) is 5.32 Å². The van der Waals surface area contributed by atoms with Crippen molar-refractivity contribution in [3.63, 3.8) is 0 Å². The van der Waals surface area contributed by atoms with Crippen molar-refractivity contribution in [3.8, 4) is 17.2 Å². The molecule has 0 unspecified atom stereocenters. The molecule has 144 valence electrons. The molecular weight excluding hydrogens is 354 g/mol. The van der Waals surface area contributed by atoms with E-state index in [-0.39, 0.29) is 12.5 Å². The third-order valence-corrected chi connectivity index (χ3v) is 4.00. The topological polar surface area (TPSA) is 56.8 Å². The van der Waals surface area contributed by atoms with Gasteiger partial charge in [-0.25, -0.2) is 0 Å². The highest BCUT2D eigenvalue weighted by atomic mass is 16.5. The number of carbonyl (C=O) groups is 1. The smallest absolute Gasteiger partial charge is 0.258 e. The molecule has 0 saturated carbocycles. The fourth-order valence-electron chi connectivity index (χ4n) is 2.55. The summed E-state index contributed by atoms with van der Waals surface area (Å²) in [5.41, 5.74) is 2.12. The minimum absolute atomic E-state index is 0.0410. The summed E-state index contributed by atoms with van der Waals surface area (Å²) in [4.78, 5) is 12.0. The summed E-state index contributed by atoms with van der Waals surface area (Å²) < 4.78 is 16.3. The lowest BCUT2D eigenvalue weighted by atomic mass is 10.1. The third kappa shape index (κ3) is 6.14. The molecule has 1 N–H and O–H groups in total. The average Bonchev–Trinajstić information content (AvgIpc) is 2.74. The number of para-hydroxylation sites is 1. The first-order chi connectivity index (χ1) is 13.7. The maximum absolute atomic E-state index is 12.0. The van der Waals surface area contributed by atoms with Crippen molar-refractivity contribution in [3.05, 3.63) is 90.0 Å². The van der Waals surface area contributed by atoms with E-state index in [1.54, 1.807) is 19.2 Å². The van der Waals surface area contributed by atoms with E-state index in [4.69, 9.17) is 14.2 Å². The van der Waals surface area contributed by atoms with Gasteiger partial charge in [0, 0.05) is 13.7 Å². The molecule has 0 atom stereocenters. The van der Waals surface area contributed by atoms with Gasteiger partial charge >= 0.3 is 0 Å². The SMILES string of the molecule is COCc1ccc(CNC(=O)COc2ccc(Oc3ccccc3)cc2)cc1. The highest BCUT2D eigenvalue weighted by Crippen LogP contribution is 2.23. The van der Waals surface area contributed by atoms with E-state index in [1.807, 2.05) is 66.7 Å². The second kappa shape index (κ2) is 10.1. The Morgan fingerprint density at radius 3 is 2.07 bits per heavy atom. The first-order valence-corrected chi connectivity index (χ1v) is 9.02. The van der Waals surface area contributed by atoms with Gasteiger partial charge in [-0.15, -0.1) is 0 Å². The van der Waals surface area contributed by atoms with Crippen LogP contribution < -0.4 is 14.8 Å². The van der Waals surface area contributed by atoms with E-state index >= 15 is 0 Å². The lowest BCUT2D eigenvalue weighted by Crippen LogP contribution is -2.28.